The highest BCUT2D eigenvalue weighted by Gasteiger charge is 2.24. The number of hydrogen-bond acceptors (Lipinski definition) is 4. The average molecular weight is 291 g/mol. The normalized spacial score (nSPS) is 11.8. The first-order valence-corrected chi connectivity index (χ1v) is 6.73. The SMILES string of the molecule is Cc1ccc(O)c(C(=O)NC(C(=O)O)c2cccs2)c1. The molecule has 1 amide bonds. The maximum Gasteiger partial charge on any atom is 0.331 e. The zero-order valence-electron chi connectivity index (χ0n) is 10.7. The molecule has 3 N–H and O–H groups in total. The fourth-order valence-corrected chi connectivity index (χ4v) is 2.52. The van der Waals surface area contributed by atoms with E-state index in [0.29, 0.717) is 4.88 Å². The van der Waals surface area contributed by atoms with Gasteiger partial charge in [-0.05, 0) is 30.5 Å². The van der Waals surface area contributed by atoms with E-state index < -0.39 is 17.9 Å². The minimum atomic E-state index is -1.15. The summed E-state index contributed by atoms with van der Waals surface area (Å²) in [5.74, 6) is -1.94. The molecule has 1 aromatic heterocycles. The number of amides is 1. The Balaban J connectivity index is 2.25. The third-order valence-electron chi connectivity index (χ3n) is 2.75. The van der Waals surface area contributed by atoms with Gasteiger partial charge in [-0.2, -0.15) is 0 Å². The molecule has 0 aliphatic rings. The number of carbonyl (C=O) groups is 2. The molecule has 0 bridgehead atoms. The predicted octanol–water partition coefficient (Wildman–Crippen LogP) is 2.32. The molecule has 1 unspecified atom stereocenters. The van der Waals surface area contributed by atoms with Gasteiger partial charge in [-0.15, -0.1) is 11.3 Å². The third kappa shape index (κ3) is 2.97. The lowest BCUT2D eigenvalue weighted by Crippen LogP contribution is -2.33. The summed E-state index contributed by atoms with van der Waals surface area (Å²) in [7, 11) is 0. The lowest BCUT2D eigenvalue weighted by atomic mass is 10.1. The van der Waals surface area contributed by atoms with Gasteiger partial charge in [0.25, 0.3) is 5.91 Å². The number of carboxylic acid groups (broad SMARTS) is 1. The molecule has 1 atom stereocenters. The van der Waals surface area contributed by atoms with Gasteiger partial charge in [-0.1, -0.05) is 17.7 Å². The number of rotatable bonds is 4. The van der Waals surface area contributed by atoms with Crippen molar-refractivity contribution >= 4 is 23.2 Å². The lowest BCUT2D eigenvalue weighted by molar-refractivity contribution is -0.139. The van der Waals surface area contributed by atoms with Crippen molar-refractivity contribution in [3.05, 3.63) is 51.7 Å². The van der Waals surface area contributed by atoms with Gasteiger partial charge in [0.2, 0.25) is 0 Å². The number of benzene rings is 1. The predicted molar refractivity (Wildman–Crippen MR) is 75.0 cm³/mol. The minimum absolute atomic E-state index is 0.0628. The third-order valence-corrected chi connectivity index (χ3v) is 3.68. The van der Waals surface area contributed by atoms with E-state index in [9.17, 15) is 19.8 Å². The van der Waals surface area contributed by atoms with E-state index in [1.54, 1.807) is 30.5 Å². The molecule has 1 heterocycles. The second kappa shape index (κ2) is 5.75. The van der Waals surface area contributed by atoms with Crippen molar-refractivity contribution in [3.63, 3.8) is 0 Å². The quantitative estimate of drug-likeness (QED) is 0.807. The number of hydrogen-bond donors (Lipinski definition) is 3. The molecule has 0 aliphatic heterocycles. The van der Waals surface area contributed by atoms with Gasteiger partial charge in [-0.25, -0.2) is 4.79 Å². The fraction of sp³-hybridized carbons (Fsp3) is 0.143. The zero-order valence-corrected chi connectivity index (χ0v) is 11.5. The Morgan fingerprint density at radius 3 is 2.65 bits per heavy atom. The van der Waals surface area contributed by atoms with Crippen LogP contribution in [0.5, 0.6) is 5.75 Å². The molecule has 0 radical (unpaired) electrons. The maximum atomic E-state index is 12.1. The van der Waals surface area contributed by atoms with Crippen LogP contribution < -0.4 is 5.32 Å². The van der Waals surface area contributed by atoms with Crippen LogP contribution in [0.25, 0.3) is 0 Å². The second-order valence-electron chi connectivity index (χ2n) is 4.28. The number of aromatic hydroxyl groups is 1. The lowest BCUT2D eigenvalue weighted by Gasteiger charge is -2.14. The molecule has 2 rings (SSSR count). The van der Waals surface area contributed by atoms with Gasteiger partial charge < -0.3 is 15.5 Å². The van der Waals surface area contributed by atoms with Gasteiger partial charge in [0.1, 0.15) is 5.75 Å². The summed E-state index contributed by atoms with van der Waals surface area (Å²) in [6.07, 6.45) is 0. The van der Waals surface area contributed by atoms with Crippen molar-refractivity contribution in [3.8, 4) is 5.75 Å². The zero-order chi connectivity index (χ0) is 14.7. The molecule has 0 spiro atoms. The van der Waals surface area contributed by atoms with E-state index in [4.69, 9.17) is 0 Å². The maximum absolute atomic E-state index is 12.1. The highest BCUT2D eigenvalue weighted by atomic mass is 32.1. The number of thiophene rings is 1. The number of aryl methyl sites for hydroxylation is 1. The summed E-state index contributed by atoms with van der Waals surface area (Å²) in [5, 5.41) is 23.0. The number of phenols is 1. The molecule has 1 aromatic carbocycles. The molecule has 5 nitrogen and oxygen atoms in total. The first kappa shape index (κ1) is 14.1. The molecule has 0 fully saturated rings. The van der Waals surface area contributed by atoms with Gasteiger partial charge in [0.15, 0.2) is 6.04 Å². The van der Waals surface area contributed by atoms with E-state index in [0.717, 1.165) is 5.56 Å². The van der Waals surface area contributed by atoms with Crippen LogP contribution in [0, 0.1) is 6.92 Å². The summed E-state index contributed by atoms with van der Waals surface area (Å²) in [6, 6.07) is 6.82. The first-order chi connectivity index (χ1) is 9.49. The summed E-state index contributed by atoms with van der Waals surface area (Å²) in [4.78, 5) is 23.9. The Morgan fingerprint density at radius 2 is 2.05 bits per heavy atom. The van der Waals surface area contributed by atoms with Crippen LogP contribution in [0.1, 0.15) is 26.8 Å². The molecule has 6 heteroatoms. The second-order valence-corrected chi connectivity index (χ2v) is 5.26. The van der Waals surface area contributed by atoms with Gasteiger partial charge in [0, 0.05) is 4.88 Å². The number of nitrogens with one attached hydrogen (secondary N) is 1. The number of phenolic OH excluding ortho intramolecular Hbond substituents is 1. The summed E-state index contributed by atoms with van der Waals surface area (Å²) < 4.78 is 0. The molecule has 0 saturated carbocycles. The van der Waals surface area contributed by atoms with Crippen molar-refractivity contribution in [2.75, 3.05) is 0 Å². The Labute approximate surface area is 119 Å². The van der Waals surface area contributed by atoms with Crippen molar-refractivity contribution in [1.29, 1.82) is 0 Å². The number of carbonyl (C=O) groups excluding carboxylic acids is 1. The van der Waals surface area contributed by atoms with Crippen molar-refractivity contribution in [2.45, 2.75) is 13.0 Å². The standard InChI is InChI=1S/C14H13NO4S/c1-8-4-5-10(16)9(7-8)13(17)15-12(14(18)19)11-3-2-6-20-11/h2-7,12,16H,1H3,(H,15,17)(H,18,19). The van der Waals surface area contributed by atoms with E-state index in [2.05, 4.69) is 5.32 Å². The first-order valence-electron chi connectivity index (χ1n) is 5.85. The summed E-state index contributed by atoms with van der Waals surface area (Å²) >= 11 is 1.25. The average Bonchev–Trinajstić information content (AvgIpc) is 2.91. The molecule has 20 heavy (non-hydrogen) atoms. The van der Waals surface area contributed by atoms with Crippen LogP contribution in [0.15, 0.2) is 35.7 Å². The summed E-state index contributed by atoms with van der Waals surface area (Å²) in [6.45, 7) is 1.78. The highest BCUT2D eigenvalue weighted by molar-refractivity contribution is 7.10. The molecular formula is C14H13NO4S. The molecule has 2 aromatic rings. The number of aliphatic carboxylic acids is 1. The fourth-order valence-electron chi connectivity index (χ4n) is 1.75. The Kier molecular flexibility index (Phi) is 4.05. The van der Waals surface area contributed by atoms with E-state index in [1.165, 1.54) is 23.5 Å². The molecule has 0 saturated heterocycles. The van der Waals surface area contributed by atoms with Crippen LogP contribution in [0.3, 0.4) is 0 Å². The smallest absolute Gasteiger partial charge is 0.331 e. The Bertz CT molecular complexity index is 637. The van der Waals surface area contributed by atoms with Gasteiger partial charge >= 0.3 is 5.97 Å². The largest absolute Gasteiger partial charge is 0.507 e. The van der Waals surface area contributed by atoms with Crippen LogP contribution in [0.4, 0.5) is 0 Å². The van der Waals surface area contributed by atoms with Crippen molar-refractivity contribution < 1.29 is 19.8 Å². The van der Waals surface area contributed by atoms with Crippen LogP contribution >= 0.6 is 11.3 Å². The topological polar surface area (TPSA) is 86.6 Å². The molecular weight excluding hydrogens is 278 g/mol. The van der Waals surface area contributed by atoms with Crippen LogP contribution in [-0.4, -0.2) is 22.1 Å². The van der Waals surface area contributed by atoms with Gasteiger partial charge in [0.05, 0.1) is 5.56 Å². The molecule has 0 aliphatic carbocycles. The van der Waals surface area contributed by atoms with Crippen LogP contribution in [-0.2, 0) is 4.79 Å². The number of carboxylic acids is 1. The van der Waals surface area contributed by atoms with E-state index >= 15 is 0 Å². The molecule has 104 valence electrons. The van der Waals surface area contributed by atoms with E-state index in [1.807, 2.05) is 0 Å². The highest BCUT2D eigenvalue weighted by Crippen LogP contribution is 2.22. The van der Waals surface area contributed by atoms with Crippen LogP contribution in [0.2, 0.25) is 0 Å². The Morgan fingerprint density at radius 1 is 1.30 bits per heavy atom. The minimum Gasteiger partial charge on any atom is -0.507 e. The van der Waals surface area contributed by atoms with Crippen molar-refractivity contribution in [1.82, 2.24) is 5.32 Å². The van der Waals surface area contributed by atoms with Crippen molar-refractivity contribution in [2.24, 2.45) is 0 Å². The van der Waals surface area contributed by atoms with E-state index in [-0.39, 0.29) is 11.3 Å². The monoisotopic (exact) mass is 291 g/mol. The summed E-state index contributed by atoms with van der Waals surface area (Å²) in [5.41, 5.74) is 0.865. The van der Waals surface area contributed by atoms with Gasteiger partial charge in [-0.3, -0.25) is 4.79 Å². The Hall–Kier alpha value is -2.34.